The molecule has 2 aromatic rings. The summed E-state index contributed by atoms with van der Waals surface area (Å²) in [6, 6.07) is 12.5. The smallest absolute Gasteiger partial charge is 0.220 e. The largest absolute Gasteiger partial charge is 0.497 e. The Labute approximate surface area is 152 Å². The number of carbonyl (C=O) groups is 1. The van der Waals surface area contributed by atoms with Gasteiger partial charge in [-0.25, -0.2) is 0 Å². The molecule has 0 heterocycles. The van der Waals surface area contributed by atoms with E-state index in [9.17, 15) is 9.90 Å². The van der Waals surface area contributed by atoms with Crippen LogP contribution in [0.3, 0.4) is 0 Å². The predicted octanol–water partition coefficient (Wildman–Crippen LogP) is 3.49. The van der Waals surface area contributed by atoms with Crippen molar-refractivity contribution in [2.45, 2.75) is 25.5 Å². The molecule has 0 aliphatic carbocycles. The van der Waals surface area contributed by atoms with E-state index in [0.29, 0.717) is 28.6 Å². The van der Waals surface area contributed by atoms with E-state index in [4.69, 9.17) is 21.1 Å². The molecule has 0 bridgehead atoms. The molecule has 0 aliphatic rings. The van der Waals surface area contributed by atoms with Crippen molar-refractivity contribution in [1.82, 2.24) is 5.32 Å². The van der Waals surface area contributed by atoms with Gasteiger partial charge in [-0.2, -0.15) is 0 Å². The molecule has 0 saturated carbocycles. The van der Waals surface area contributed by atoms with E-state index in [-0.39, 0.29) is 18.7 Å². The van der Waals surface area contributed by atoms with Gasteiger partial charge in [-0.1, -0.05) is 29.8 Å². The van der Waals surface area contributed by atoms with Crippen LogP contribution in [0.5, 0.6) is 11.5 Å². The molecular weight excluding hydrogens is 342 g/mol. The quantitative estimate of drug-likeness (QED) is 0.753. The Balaban J connectivity index is 1.88. The summed E-state index contributed by atoms with van der Waals surface area (Å²) in [6.45, 7) is 0.362. The van der Waals surface area contributed by atoms with E-state index in [1.54, 1.807) is 31.4 Å². The van der Waals surface area contributed by atoms with Crippen LogP contribution in [0, 0.1) is 0 Å². The minimum atomic E-state index is -0.799. The highest BCUT2D eigenvalue weighted by molar-refractivity contribution is 6.31. The van der Waals surface area contributed by atoms with Gasteiger partial charge in [0.05, 0.1) is 20.3 Å². The van der Waals surface area contributed by atoms with Gasteiger partial charge in [0.2, 0.25) is 5.91 Å². The van der Waals surface area contributed by atoms with Crippen LogP contribution in [0.1, 0.15) is 30.1 Å². The molecule has 0 aromatic heterocycles. The van der Waals surface area contributed by atoms with E-state index in [1.807, 2.05) is 18.2 Å². The van der Waals surface area contributed by atoms with Gasteiger partial charge in [0.15, 0.2) is 0 Å². The van der Waals surface area contributed by atoms with Crippen LogP contribution in [0.2, 0.25) is 5.02 Å². The lowest BCUT2D eigenvalue weighted by atomic mass is 10.0. The third kappa shape index (κ3) is 5.37. The predicted molar refractivity (Wildman–Crippen MR) is 97.0 cm³/mol. The molecule has 0 radical (unpaired) electrons. The van der Waals surface area contributed by atoms with Crippen LogP contribution in [0.4, 0.5) is 0 Å². The van der Waals surface area contributed by atoms with E-state index in [0.717, 1.165) is 5.56 Å². The van der Waals surface area contributed by atoms with Gasteiger partial charge in [-0.3, -0.25) is 4.79 Å². The second-order valence-electron chi connectivity index (χ2n) is 5.53. The number of aliphatic hydroxyl groups is 1. The second kappa shape index (κ2) is 9.30. The van der Waals surface area contributed by atoms with Crippen LogP contribution < -0.4 is 14.8 Å². The van der Waals surface area contributed by atoms with Gasteiger partial charge < -0.3 is 19.9 Å². The van der Waals surface area contributed by atoms with Crippen molar-refractivity contribution < 1.29 is 19.4 Å². The SMILES string of the molecule is COc1ccc(C(O)CCC(=O)NCc2ccccc2Cl)c(OC)c1. The molecule has 25 heavy (non-hydrogen) atoms. The third-order valence-corrected chi connectivity index (χ3v) is 4.25. The molecule has 0 aliphatic heterocycles. The fourth-order valence-corrected chi connectivity index (χ4v) is 2.64. The van der Waals surface area contributed by atoms with Crippen molar-refractivity contribution >= 4 is 17.5 Å². The van der Waals surface area contributed by atoms with E-state index < -0.39 is 6.10 Å². The summed E-state index contributed by atoms with van der Waals surface area (Å²) in [5.74, 6) is 1.03. The van der Waals surface area contributed by atoms with Crippen molar-refractivity contribution in [3.05, 3.63) is 58.6 Å². The summed E-state index contributed by atoms with van der Waals surface area (Å²) in [5.41, 5.74) is 1.48. The minimum absolute atomic E-state index is 0.147. The number of rotatable bonds is 8. The van der Waals surface area contributed by atoms with Crippen molar-refractivity contribution in [1.29, 1.82) is 0 Å². The van der Waals surface area contributed by atoms with Gasteiger partial charge in [0.1, 0.15) is 11.5 Å². The molecule has 2 N–H and O–H groups in total. The Kier molecular flexibility index (Phi) is 7.10. The normalized spacial score (nSPS) is 11.7. The van der Waals surface area contributed by atoms with Crippen molar-refractivity contribution in [3.63, 3.8) is 0 Å². The first-order valence-corrected chi connectivity index (χ1v) is 8.33. The maximum absolute atomic E-state index is 12.0. The molecule has 134 valence electrons. The van der Waals surface area contributed by atoms with Crippen molar-refractivity contribution in [3.8, 4) is 11.5 Å². The topological polar surface area (TPSA) is 67.8 Å². The fourth-order valence-electron chi connectivity index (χ4n) is 2.44. The molecule has 1 amide bonds. The van der Waals surface area contributed by atoms with Gasteiger partial charge in [-0.05, 0) is 30.2 Å². The maximum Gasteiger partial charge on any atom is 0.220 e. The summed E-state index contributed by atoms with van der Waals surface area (Å²) in [7, 11) is 3.09. The molecule has 6 heteroatoms. The molecule has 2 aromatic carbocycles. The highest BCUT2D eigenvalue weighted by atomic mass is 35.5. The number of nitrogens with one attached hydrogen (secondary N) is 1. The zero-order valence-corrected chi connectivity index (χ0v) is 15.0. The summed E-state index contributed by atoms with van der Waals surface area (Å²) in [4.78, 5) is 12.0. The number of ether oxygens (including phenoxy) is 2. The van der Waals surface area contributed by atoms with Crippen LogP contribution in [-0.4, -0.2) is 25.2 Å². The molecule has 0 spiro atoms. The molecule has 0 saturated heterocycles. The van der Waals surface area contributed by atoms with Crippen molar-refractivity contribution in [2.75, 3.05) is 14.2 Å². The summed E-state index contributed by atoms with van der Waals surface area (Å²) in [6.07, 6.45) is -0.315. The van der Waals surface area contributed by atoms with Gasteiger partial charge in [0.25, 0.3) is 0 Å². The first kappa shape index (κ1) is 19.1. The standard InChI is InChI=1S/C19H22ClNO4/c1-24-14-7-8-15(18(11-14)25-2)17(22)9-10-19(23)21-12-13-5-3-4-6-16(13)20/h3-8,11,17,22H,9-10,12H2,1-2H3,(H,21,23). The van der Waals surface area contributed by atoms with E-state index >= 15 is 0 Å². The van der Waals surface area contributed by atoms with Crippen LogP contribution in [0.15, 0.2) is 42.5 Å². The summed E-state index contributed by atoms with van der Waals surface area (Å²) >= 11 is 6.06. The van der Waals surface area contributed by atoms with Crippen molar-refractivity contribution in [2.24, 2.45) is 0 Å². The minimum Gasteiger partial charge on any atom is -0.497 e. The number of hydrogen-bond acceptors (Lipinski definition) is 4. The van der Waals surface area contributed by atoms with Gasteiger partial charge >= 0.3 is 0 Å². The third-order valence-electron chi connectivity index (χ3n) is 3.88. The van der Waals surface area contributed by atoms with Crippen LogP contribution in [-0.2, 0) is 11.3 Å². The Morgan fingerprint density at radius 1 is 1.20 bits per heavy atom. The lowest BCUT2D eigenvalue weighted by molar-refractivity contribution is -0.121. The summed E-state index contributed by atoms with van der Waals surface area (Å²) in [5, 5.41) is 13.8. The number of halogens is 1. The van der Waals surface area contributed by atoms with Gasteiger partial charge in [0, 0.05) is 29.6 Å². The molecular formula is C19H22ClNO4. The van der Waals surface area contributed by atoms with Crippen LogP contribution >= 0.6 is 11.6 Å². The zero-order chi connectivity index (χ0) is 18.2. The number of amides is 1. The van der Waals surface area contributed by atoms with Gasteiger partial charge in [-0.15, -0.1) is 0 Å². The molecule has 1 unspecified atom stereocenters. The first-order valence-electron chi connectivity index (χ1n) is 7.95. The average molecular weight is 364 g/mol. The van der Waals surface area contributed by atoms with E-state index in [1.165, 1.54) is 7.11 Å². The second-order valence-corrected chi connectivity index (χ2v) is 5.94. The number of benzene rings is 2. The Morgan fingerprint density at radius 3 is 2.64 bits per heavy atom. The highest BCUT2D eigenvalue weighted by Gasteiger charge is 2.16. The monoisotopic (exact) mass is 363 g/mol. The zero-order valence-electron chi connectivity index (χ0n) is 14.3. The van der Waals surface area contributed by atoms with Crippen LogP contribution in [0.25, 0.3) is 0 Å². The lowest BCUT2D eigenvalue weighted by Gasteiger charge is -2.15. The van der Waals surface area contributed by atoms with E-state index in [2.05, 4.69) is 5.32 Å². The Bertz CT molecular complexity index is 720. The Hall–Kier alpha value is -2.24. The number of hydrogen-bond donors (Lipinski definition) is 2. The molecule has 0 fully saturated rings. The molecule has 1 atom stereocenters. The first-order chi connectivity index (χ1) is 12.0. The molecule has 5 nitrogen and oxygen atoms in total. The molecule has 2 rings (SSSR count). The number of methoxy groups -OCH3 is 2. The number of carbonyl (C=O) groups excluding carboxylic acids is 1. The number of aliphatic hydroxyl groups excluding tert-OH is 1. The fraction of sp³-hybridized carbons (Fsp3) is 0.316. The average Bonchev–Trinajstić information content (AvgIpc) is 2.64. The maximum atomic E-state index is 12.0. The lowest BCUT2D eigenvalue weighted by Crippen LogP contribution is -2.23. The highest BCUT2D eigenvalue weighted by Crippen LogP contribution is 2.31. The Morgan fingerprint density at radius 2 is 1.96 bits per heavy atom. The summed E-state index contributed by atoms with van der Waals surface area (Å²) < 4.78 is 10.4.